The van der Waals surface area contributed by atoms with E-state index in [1.165, 1.54) is 0 Å². The summed E-state index contributed by atoms with van der Waals surface area (Å²) in [6.45, 7) is 2.06. The number of phenols is 1. The summed E-state index contributed by atoms with van der Waals surface area (Å²) in [4.78, 5) is 0. The summed E-state index contributed by atoms with van der Waals surface area (Å²) in [5.41, 5.74) is 6.92. The van der Waals surface area contributed by atoms with E-state index in [4.69, 9.17) is 10.5 Å². The smallest absolute Gasteiger partial charge is 0.115 e. The molecule has 0 radical (unpaired) electrons. The van der Waals surface area contributed by atoms with Crippen LogP contribution in [0.2, 0.25) is 0 Å². The van der Waals surface area contributed by atoms with Crippen LogP contribution in [0.25, 0.3) is 0 Å². The molecule has 1 unspecified atom stereocenters. The van der Waals surface area contributed by atoms with Crippen LogP contribution in [0.15, 0.2) is 24.3 Å². The second-order valence-corrected chi connectivity index (χ2v) is 3.83. The van der Waals surface area contributed by atoms with Crippen LogP contribution in [0, 0.1) is 0 Å². The molecule has 1 saturated heterocycles. The van der Waals surface area contributed by atoms with Gasteiger partial charge in [-0.1, -0.05) is 12.1 Å². The molecule has 2 rings (SSSR count). The van der Waals surface area contributed by atoms with Gasteiger partial charge in [-0.05, 0) is 24.1 Å². The van der Waals surface area contributed by atoms with E-state index in [2.05, 4.69) is 0 Å². The van der Waals surface area contributed by atoms with Gasteiger partial charge in [0.25, 0.3) is 0 Å². The average molecular weight is 193 g/mol. The predicted octanol–water partition coefficient (Wildman–Crippen LogP) is 1.01. The molecule has 1 heterocycles. The molecule has 1 aromatic carbocycles. The van der Waals surface area contributed by atoms with E-state index in [-0.39, 0.29) is 5.41 Å². The highest BCUT2D eigenvalue weighted by atomic mass is 16.5. The van der Waals surface area contributed by atoms with Crippen LogP contribution in [0.5, 0.6) is 5.75 Å². The zero-order valence-corrected chi connectivity index (χ0v) is 8.07. The monoisotopic (exact) mass is 193 g/mol. The van der Waals surface area contributed by atoms with E-state index in [0.717, 1.165) is 18.6 Å². The quantitative estimate of drug-likeness (QED) is 0.737. The Morgan fingerprint density at radius 3 is 2.57 bits per heavy atom. The molecule has 0 aliphatic carbocycles. The first kappa shape index (κ1) is 9.49. The third-order valence-corrected chi connectivity index (χ3v) is 2.97. The Bertz CT molecular complexity index is 302. The highest BCUT2D eigenvalue weighted by Crippen LogP contribution is 2.32. The lowest BCUT2D eigenvalue weighted by molar-refractivity contribution is 0.178. The van der Waals surface area contributed by atoms with Gasteiger partial charge < -0.3 is 15.6 Å². The molecule has 1 atom stereocenters. The largest absolute Gasteiger partial charge is 0.508 e. The van der Waals surface area contributed by atoms with Crippen molar-refractivity contribution in [3.05, 3.63) is 29.8 Å². The molecule has 3 heteroatoms. The summed E-state index contributed by atoms with van der Waals surface area (Å²) in [6.07, 6.45) is 0.967. The van der Waals surface area contributed by atoms with Gasteiger partial charge in [-0.15, -0.1) is 0 Å². The molecule has 1 aliphatic rings. The maximum Gasteiger partial charge on any atom is 0.115 e. The van der Waals surface area contributed by atoms with Crippen LogP contribution < -0.4 is 5.73 Å². The Hall–Kier alpha value is -1.06. The molecular formula is C11H15NO2. The Morgan fingerprint density at radius 1 is 1.36 bits per heavy atom. The first-order valence-corrected chi connectivity index (χ1v) is 4.84. The molecule has 1 aliphatic heterocycles. The topological polar surface area (TPSA) is 55.5 Å². The number of hydrogen-bond acceptors (Lipinski definition) is 3. The van der Waals surface area contributed by atoms with E-state index in [1.54, 1.807) is 12.1 Å². The number of hydrogen-bond donors (Lipinski definition) is 2. The third kappa shape index (κ3) is 1.49. The summed E-state index contributed by atoms with van der Waals surface area (Å²) in [7, 11) is 0. The van der Waals surface area contributed by atoms with Crippen LogP contribution >= 0.6 is 0 Å². The molecule has 0 spiro atoms. The summed E-state index contributed by atoms with van der Waals surface area (Å²) in [5.74, 6) is 0.292. The fraction of sp³-hybridized carbons (Fsp3) is 0.455. The summed E-state index contributed by atoms with van der Waals surface area (Å²) >= 11 is 0. The zero-order valence-electron chi connectivity index (χ0n) is 8.07. The minimum absolute atomic E-state index is 0.0340. The molecule has 1 fully saturated rings. The number of benzene rings is 1. The van der Waals surface area contributed by atoms with E-state index >= 15 is 0 Å². The van der Waals surface area contributed by atoms with Crippen molar-refractivity contribution in [1.82, 2.24) is 0 Å². The van der Waals surface area contributed by atoms with E-state index < -0.39 is 0 Å². The lowest BCUT2D eigenvalue weighted by Crippen LogP contribution is -2.35. The molecule has 0 aromatic heterocycles. The van der Waals surface area contributed by atoms with E-state index in [9.17, 15) is 5.11 Å². The molecule has 76 valence electrons. The Balaban J connectivity index is 2.31. The Morgan fingerprint density at radius 2 is 2.07 bits per heavy atom. The van der Waals surface area contributed by atoms with E-state index in [1.807, 2.05) is 12.1 Å². The maximum absolute atomic E-state index is 9.19. The molecule has 14 heavy (non-hydrogen) atoms. The van der Waals surface area contributed by atoms with Gasteiger partial charge >= 0.3 is 0 Å². The first-order chi connectivity index (χ1) is 6.77. The number of nitrogens with two attached hydrogens (primary N) is 1. The second kappa shape index (κ2) is 3.59. The SMILES string of the molecule is NCC1(c2ccc(O)cc2)CCOC1. The molecule has 1 aromatic rings. The summed E-state index contributed by atoms with van der Waals surface area (Å²) in [6, 6.07) is 7.25. The molecule has 3 nitrogen and oxygen atoms in total. The Labute approximate surface area is 83.5 Å². The van der Waals surface area contributed by atoms with Gasteiger partial charge in [0, 0.05) is 18.6 Å². The van der Waals surface area contributed by atoms with Gasteiger partial charge in [-0.3, -0.25) is 0 Å². The third-order valence-electron chi connectivity index (χ3n) is 2.97. The minimum atomic E-state index is -0.0340. The molecular weight excluding hydrogens is 178 g/mol. The average Bonchev–Trinajstić information content (AvgIpc) is 2.68. The highest BCUT2D eigenvalue weighted by Gasteiger charge is 2.35. The summed E-state index contributed by atoms with van der Waals surface area (Å²) < 4.78 is 5.39. The first-order valence-electron chi connectivity index (χ1n) is 4.84. The van der Waals surface area contributed by atoms with Crippen molar-refractivity contribution in [2.75, 3.05) is 19.8 Å². The lowest BCUT2D eigenvalue weighted by Gasteiger charge is -2.25. The minimum Gasteiger partial charge on any atom is -0.508 e. The number of ether oxygens (including phenoxy) is 1. The second-order valence-electron chi connectivity index (χ2n) is 3.83. The Kier molecular flexibility index (Phi) is 2.44. The van der Waals surface area contributed by atoms with Crippen molar-refractivity contribution in [2.24, 2.45) is 5.73 Å². The summed E-state index contributed by atoms with van der Waals surface area (Å²) in [5, 5.41) is 9.19. The van der Waals surface area contributed by atoms with Gasteiger partial charge in [-0.25, -0.2) is 0 Å². The van der Waals surface area contributed by atoms with Gasteiger partial charge in [-0.2, -0.15) is 0 Å². The zero-order chi connectivity index (χ0) is 10.0. The number of aromatic hydroxyl groups is 1. The van der Waals surface area contributed by atoms with Gasteiger partial charge in [0.2, 0.25) is 0 Å². The maximum atomic E-state index is 9.19. The van der Waals surface area contributed by atoms with Crippen molar-refractivity contribution in [3.63, 3.8) is 0 Å². The van der Waals surface area contributed by atoms with Gasteiger partial charge in [0.1, 0.15) is 5.75 Å². The van der Waals surface area contributed by atoms with Crippen molar-refractivity contribution < 1.29 is 9.84 Å². The van der Waals surface area contributed by atoms with Crippen LogP contribution in [0.1, 0.15) is 12.0 Å². The predicted molar refractivity (Wildman–Crippen MR) is 54.3 cm³/mol. The van der Waals surface area contributed by atoms with Gasteiger partial charge in [0.15, 0.2) is 0 Å². The van der Waals surface area contributed by atoms with Crippen molar-refractivity contribution in [3.8, 4) is 5.75 Å². The van der Waals surface area contributed by atoms with Crippen LogP contribution in [0.4, 0.5) is 0 Å². The lowest BCUT2D eigenvalue weighted by atomic mass is 9.80. The fourth-order valence-electron chi connectivity index (χ4n) is 1.93. The number of phenolic OH excluding ortho intramolecular Hbond substituents is 1. The van der Waals surface area contributed by atoms with Crippen molar-refractivity contribution >= 4 is 0 Å². The molecule has 0 saturated carbocycles. The van der Waals surface area contributed by atoms with Crippen LogP contribution in [-0.2, 0) is 10.2 Å². The van der Waals surface area contributed by atoms with Gasteiger partial charge in [0.05, 0.1) is 6.61 Å². The van der Waals surface area contributed by atoms with Crippen LogP contribution in [0.3, 0.4) is 0 Å². The molecule has 0 bridgehead atoms. The van der Waals surface area contributed by atoms with Crippen molar-refractivity contribution in [2.45, 2.75) is 11.8 Å². The highest BCUT2D eigenvalue weighted by molar-refractivity contribution is 5.32. The molecule has 0 amide bonds. The number of rotatable bonds is 2. The standard InChI is InChI=1S/C11H15NO2/c12-7-11(5-6-14-8-11)9-1-3-10(13)4-2-9/h1-4,13H,5-8,12H2. The van der Waals surface area contributed by atoms with Crippen LogP contribution in [-0.4, -0.2) is 24.9 Å². The normalized spacial score (nSPS) is 26.6. The van der Waals surface area contributed by atoms with Crippen molar-refractivity contribution in [1.29, 1.82) is 0 Å². The molecule has 3 N–H and O–H groups in total. The van der Waals surface area contributed by atoms with E-state index in [0.29, 0.717) is 18.9 Å². The fourth-order valence-corrected chi connectivity index (χ4v) is 1.93.